The highest BCUT2D eigenvalue weighted by molar-refractivity contribution is 7.89. The Bertz CT molecular complexity index is 1110. The molecule has 4 rings (SSSR count). The molecule has 0 saturated carbocycles. The molecule has 0 aliphatic carbocycles. The Kier molecular flexibility index (Phi) is 6.44. The number of hydrogen-bond acceptors (Lipinski definition) is 5. The number of amides is 1. The van der Waals surface area contributed by atoms with Gasteiger partial charge >= 0.3 is 0 Å². The number of aryl methyl sites for hydroxylation is 2. The maximum Gasteiger partial charge on any atom is 0.243 e. The first-order valence-electron chi connectivity index (χ1n) is 11.0. The van der Waals surface area contributed by atoms with E-state index in [1.807, 2.05) is 17.0 Å². The number of fused-ring (bicyclic) bond motifs is 1. The van der Waals surface area contributed by atoms with Crippen LogP contribution in [-0.2, 0) is 21.2 Å². The van der Waals surface area contributed by atoms with Crippen LogP contribution in [0.15, 0.2) is 41.3 Å². The molecule has 2 aliphatic rings. The standard InChI is InChI=1S/C24H30N2O5S/c1-17-6-8-21-19(15-17)5-4-12-26(21)24(27)18-10-13-25(14-11-18)32(28,29)20-7-9-22(30-2)23(16-20)31-3/h6-9,15-16,18H,4-5,10-14H2,1-3H3. The topological polar surface area (TPSA) is 76.2 Å². The number of ether oxygens (including phenoxy) is 2. The second-order valence-electron chi connectivity index (χ2n) is 8.42. The molecule has 0 spiro atoms. The number of nitrogens with zero attached hydrogens (tertiary/aromatic N) is 2. The van der Waals surface area contributed by atoms with Gasteiger partial charge in [0, 0.05) is 37.3 Å². The third kappa shape index (κ3) is 4.21. The SMILES string of the molecule is COc1ccc(S(=O)(=O)N2CCC(C(=O)N3CCCc4cc(C)ccc43)CC2)cc1OC. The van der Waals surface area contributed by atoms with Crippen molar-refractivity contribution in [3.8, 4) is 11.5 Å². The normalized spacial score (nSPS) is 17.7. The minimum Gasteiger partial charge on any atom is -0.493 e. The number of anilines is 1. The molecule has 0 N–H and O–H groups in total. The van der Waals surface area contributed by atoms with Crippen LogP contribution in [0.1, 0.15) is 30.4 Å². The number of methoxy groups -OCH3 is 2. The van der Waals surface area contributed by atoms with Gasteiger partial charge in [-0.1, -0.05) is 17.7 Å². The van der Waals surface area contributed by atoms with Crippen molar-refractivity contribution >= 4 is 21.6 Å². The van der Waals surface area contributed by atoms with Crippen molar-refractivity contribution in [2.45, 2.75) is 37.5 Å². The van der Waals surface area contributed by atoms with Gasteiger partial charge in [0.25, 0.3) is 0 Å². The lowest BCUT2D eigenvalue weighted by Gasteiger charge is -2.36. The van der Waals surface area contributed by atoms with E-state index in [4.69, 9.17) is 9.47 Å². The van der Waals surface area contributed by atoms with E-state index in [9.17, 15) is 13.2 Å². The van der Waals surface area contributed by atoms with Gasteiger partial charge < -0.3 is 14.4 Å². The van der Waals surface area contributed by atoms with Crippen LogP contribution >= 0.6 is 0 Å². The zero-order valence-electron chi connectivity index (χ0n) is 18.8. The second-order valence-corrected chi connectivity index (χ2v) is 10.4. The molecule has 7 nitrogen and oxygen atoms in total. The Hall–Kier alpha value is -2.58. The third-order valence-electron chi connectivity index (χ3n) is 6.42. The van der Waals surface area contributed by atoms with E-state index in [1.165, 1.54) is 41.8 Å². The molecule has 2 aromatic rings. The molecule has 8 heteroatoms. The van der Waals surface area contributed by atoms with Crippen LogP contribution in [0.3, 0.4) is 0 Å². The number of benzene rings is 2. The summed E-state index contributed by atoms with van der Waals surface area (Å²) in [6.45, 7) is 3.43. The van der Waals surface area contributed by atoms with E-state index in [0.717, 1.165) is 25.1 Å². The average molecular weight is 459 g/mol. The van der Waals surface area contributed by atoms with Gasteiger partial charge in [0.2, 0.25) is 15.9 Å². The Morgan fingerprint density at radius 2 is 1.69 bits per heavy atom. The first-order valence-corrected chi connectivity index (χ1v) is 12.4. The summed E-state index contributed by atoms with van der Waals surface area (Å²) in [4.78, 5) is 15.4. The van der Waals surface area contributed by atoms with Crippen molar-refractivity contribution in [1.29, 1.82) is 0 Å². The van der Waals surface area contributed by atoms with Crippen molar-refractivity contribution < 1.29 is 22.7 Å². The number of piperidine rings is 1. The summed E-state index contributed by atoms with van der Waals surface area (Å²) in [7, 11) is -0.687. The van der Waals surface area contributed by atoms with Crippen LogP contribution in [0, 0.1) is 12.8 Å². The third-order valence-corrected chi connectivity index (χ3v) is 8.31. The quantitative estimate of drug-likeness (QED) is 0.687. The number of hydrogen-bond donors (Lipinski definition) is 0. The molecule has 0 bridgehead atoms. The molecule has 2 aromatic carbocycles. The second kappa shape index (κ2) is 9.11. The fourth-order valence-electron chi connectivity index (χ4n) is 4.64. The number of sulfonamides is 1. The average Bonchev–Trinajstić information content (AvgIpc) is 2.82. The lowest BCUT2D eigenvalue weighted by Crippen LogP contribution is -2.45. The molecule has 0 radical (unpaired) electrons. The lowest BCUT2D eigenvalue weighted by molar-refractivity contribution is -0.123. The fourth-order valence-corrected chi connectivity index (χ4v) is 6.13. The van der Waals surface area contributed by atoms with E-state index < -0.39 is 10.0 Å². The largest absolute Gasteiger partial charge is 0.493 e. The van der Waals surface area contributed by atoms with Crippen LogP contribution in [0.5, 0.6) is 11.5 Å². The van der Waals surface area contributed by atoms with Crippen LogP contribution in [0.4, 0.5) is 5.69 Å². The zero-order chi connectivity index (χ0) is 22.9. The van der Waals surface area contributed by atoms with Crippen molar-refractivity contribution in [3.05, 3.63) is 47.5 Å². The highest BCUT2D eigenvalue weighted by Gasteiger charge is 2.35. The van der Waals surface area contributed by atoms with Crippen LogP contribution in [0.25, 0.3) is 0 Å². The monoisotopic (exact) mass is 458 g/mol. The van der Waals surface area contributed by atoms with Gasteiger partial charge in [0.15, 0.2) is 11.5 Å². The summed E-state index contributed by atoms with van der Waals surface area (Å²) in [6.07, 6.45) is 2.98. The molecule has 2 aliphatic heterocycles. The van der Waals surface area contributed by atoms with Crippen molar-refractivity contribution in [2.24, 2.45) is 5.92 Å². The summed E-state index contributed by atoms with van der Waals surface area (Å²) in [5, 5.41) is 0. The maximum absolute atomic E-state index is 13.3. The summed E-state index contributed by atoms with van der Waals surface area (Å²) in [6, 6.07) is 10.9. The molecule has 1 amide bonds. The van der Waals surface area contributed by atoms with Gasteiger partial charge in [-0.3, -0.25) is 4.79 Å². The van der Waals surface area contributed by atoms with Gasteiger partial charge in [-0.15, -0.1) is 0 Å². The van der Waals surface area contributed by atoms with Gasteiger partial charge in [0.05, 0.1) is 19.1 Å². The van der Waals surface area contributed by atoms with Crippen LogP contribution in [-0.4, -0.2) is 52.5 Å². The summed E-state index contributed by atoms with van der Waals surface area (Å²) >= 11 is 0. The zero-order valence-corrected chi connectivity index (χ0v) is 19.7. The fraction of sp³-hybridized carbons (Fsp3) is 0.458. The molecule has 0 unspecified atom stereocenters. The van der Waals surface area contributed by atoms with E-state index in [2.05, 4.69) is 13.0 Å². The van der Waals surface area contributed by atoms with Gasteiger partial charge in [-0.05, 0) is 56.4 Å². The first kappa shape index (κ1) is 22.6. The van der Waals surface area contributed by atoms with Crippen LogP contribution < -0.4 is 14.4 Å². The molecule has 0 aromatic heterocycles. The molecular formula is C24H30N2O5S. The Morgan fingerprint density at radius 3 is 2.38 bits per heavy atom. The molecule has 1 saturated heterocycles. The van der Waals surface area contributed by atoms with Gasteiger partial charge in [0.1, 0.15) is 0 Å². The minimum atomic E-state index is -3.67. The van der Waals surface area contributed by atoms with Crippen LogP contribution in [0.2, 0.25) is 0 Å². The summed E-state index contributed by atoms with van der Waals surface area (Å²) in [5.74, 6) is 0.794. The van der Waals surface area contributed by atoms with Gasteiger partial charge in [-0.25, -0.2) is 8.42 Å². The molecule has 32 heavy (non-hydrogen) atoms. The Morgan fingerprint density at radius 1 is 0.969 bits per heavy atom. The molecule has 0 atom stereocenters. The van der Waals surface area contributed by atoms with Gasteiger partial charge in [-0.2, -0.15) is 4.31 Å². The molecule has 172 valence electrons. The lowest BCUT2D eigenvalue weighted by atomic mass is 9.93. The maximum atomic E-state index is 13.3. The minimum absolute atomic E-state index is 0.109. The summed E-state index contributed by atoms with van der Waals surface area (Å²) in [5.41, 5.74) is 3.43. The van der Waals surface area contributed by atoms with E-state index in [0.29, 0.717) is 37.4 Å². The van der Waals surface area contributed by atoms with E-state index in [1.54, 1.807) is 6.07 Å². The van der Waals surface area contributed by atoms with Crippen molar-refractivity contribution in [2.75, 3.05) is 38.8 Å². The molecule has 2 heterocycles. The predicted molar refractivity (Wildman–Crippen MR) is 123 cm³/mol. The smallest absolute Gasteiger partial charge is 0.243 e. The van der Waals surface area contributed by atoms with E-state index in [-0.39, 0.29) is 16.7 Å². The Balaban J connectivity index is 1.46. The van der Waals surface area contributed by atoms with E-state index >= 15 is 0 Å². The van der Waals surface area contributed by atoms with Crippen molar-refractivity contribution in [3.63, 3.8) is 0 Å². The highest BCUT2D eigenvalue weighted by Crippen LogP contribution is 2.34. The number of rotatable bonds is 5. The number of carbonyl (C=O) groups excluding carboxylic acids is 1. The number of carbonyl (C=O) groups is 1. The van der Waals surface area contributed by atoms with Crippen molar-refractivity contribution in [1.82, 2.24) is 4.31 Å². The highest BCUT2D eigenvalue weighted by atomic mass is 32.2. The molecular weight excluding hydrogens is 428 g/mol. The summed E-state index contributed by atoms with van der Waals surface area (Å²) < 4.78 is 38.2. The first-order chi connectivity index (χ1) is 15.3. The Labute approximate surface area is 190 Å². The molecule has 1 fully saturated rings. The predicted octanol–water partition coefficient (Wildman–Crippen LogP) is 3.39.